The molecule has 1 N–H and O–H groups in total. The molecule has 4 aromatic rings. The zero-order valence-corrected chi connectivity index (χ0v) is 17.3. The van der Waals surface area contributed by atoms with Crippen LogP contribution in [0.1, 0.15) is 44.6 Å². The van der Waals surface area contributed by atoms with E-state index in [0.29, 0.717) is 22.5 Å². The van der Waals surface area contributed by atoms with Crippen molar-refractivity contribution < 1.29 is 18.0 Å². The van der Waals surface area contributed by atoms with Gasteiger partial charge in [0, 0.05) is 30.7 Å². The first kappa shape index (κ1) is 20.9. The number of nitrogens with one attached hydrogen (secondary N) is 1. The molecule has 0 saturated carbocycles. The number of carbonyl (C=O) groups is 1. The fourth-order valence-electron chi connectivity index (χ4n) is 2.97. The largest absolute Gasteiger partial charge is 0.433 e. The van der Waals surface area contributed by atoms with Crippen LogP contribution in [0, 0.1) is 0 Å². The van der Waals surface area contributed by atoms with E-state index in [1.54, 1.807) is 24.8 Å². The predicted octanol–water partition coefficient (Wildman–Crippen LogP) is 3.92. The summed E-state index contributed by atoms with van der Waals surface area (Å²) in [4.78, 5) is 29.6. The SMILES string of the molecule is CC(NC(=O)c1cc2c(cn1)ncn2C)c1cnc(Cc2ccc(C(F)(F)F)nc2)s1. The second-order valence-corrected chi connectivity index (χ2v) is 8.14. The van der Waals surface area contributed by atoms with Gasteiger partial charge in [-0.15, -0.1) is 11.3 Å². The molecule has 0 radical (unpaired) electrons. The second-order valence-electron chi connectivity index (χ2n) is 6.99. The summed E-state index contributed by atoms with van der Waals surface area (Å²) in [6.07, 6.45) is 1.96. The third kappa shape index (κ3) is 4.55. The Hall–Kier alpha value is -3.34. The van der Waals surface area contributed by atoms with E-state index in [1.807, 2.05) is 18.5 Å². The van der Waals surface area contributed by atoms with Crippen molar-refractivity contribution in [2.45, 2.75) is 25.6 Å². The Bertz CT molecular complexity index is 1230. The van der Waals surface area contributed by atoms with Gasteiger partial charge in [0.15, 0.2) is 0 Å². The van der Waals surface area contributed by atoms with E-state index in [-0.39, 0.29) is 17.6 Å². The summed E-state index contributed by atoms with van der Waals surface area (Å²) in [6, 6.07) is 3.72. The smallest absolute Gasteiger partial charge is 0.343 e. The first-order chi connectivity index (χ1) is 14.7. The lowest BCUT2D eigenvalue weighted by Gasteiger charge is -2.11. The molecule has 160 valence electrons. The van der Waals surface area contributed by atoms with Gasteiger partial charge in [0.05, 0.1) is 29.1 Å². The van der Waals surface area contributed by atoms with Gasteiger partial charge in [0.25, 0.3) is 5.91 Å². The number of pyridine rings is 2. The van der Waals surface area contributed by atoms with Crippen molar-refractivity contribution in [3.8, 4) is 0 Å². The van der Waals surface area contributed by atoms with E-state index in [4.69, 9.17) is 0 Å². The molecule has 0 fully saturated rings. The Morgan fingerprint density at radius 2 is 1.97 bits per heavy atom. The van der Waals surface area contributed by atoms with Crippen LogP contribution in [-0.4, -0.2) is 30.4 Å². The minimum absolute atomic E-state index is 0.281. The molecule has 0 aliphatic carbocycles. The molecular weight excluding hydrogens is 429 g/mol. The Labute approximate surface area is 179 Å². The van der Waals surface area contributed by atoms with Crippen molar-refractivity contribution in [1.29, 1.82) is 0 Å². The van der Waals surface area contributed by atoms with Gasteiger partial charge in [-0.05, 0) is 24.6 Å². The topological polar surface area (TPSA) is 85.6 Å². The van der Waals surface area contributed by atoms with Crippen LogP contribution < -0.4 is 5.32 Å². The van der Waals surface area contributed by atoms with Crippen LogP contribution in [0.2, 0.25) is 0 Å². The molecule has 0 spiro atoms. The molecule has 31 heavy (non-hydrogen) atoms. The molecule has 1 amide bonds. The first-order valence-electron chi connectivity index (χ1n) is 9.25. The van der Waals surface area contributed by atoms with Gasteiger partial charge in [-0.1, -0.05) is 6.07 Å². The van der Waals surface area contributed by atoms with Crippen LogP contribution in [0.5, 0.6) is 0 Å². The highest BCUT2D eigenvalue weighted by molar-refractivity contribution is 7.11. The molecule has 4 heterocycles. The molecule has 11 heteroatoms. The van der Waals surface area contributed by atoms with Gasteiger partial charge in [-0.3, -0.25) is 9.78 Å². The number of aryl methyl sites for hydroxylation is 1. The van der Waals surface area contributed by atoms with E-state index in [9.17, 15) is 18.0 Å². The predicted molar refractivity (Wildman–Crippen MR) is 109 cm³/mol. The molecule has 1 atom stereocenters. The first-order valence-corrected chi connectivity index (χ1v) is 10.1. The van der Waals surface area contributed by atoms with Crippen LogP contribution >= 0.6 is 11.3 Å². The van der Waals surface area contributed by atoms with Gasteiger partial charge in [0.1, 0.15) is 16.9 Å². The molecule has 4 rings (SSSR count). The van der Waals surface area contributed by atoms with Crippen LogP contribution in [0.25, 0.3) is 11.0 Å². The average molecular weight is 446 g/mol. The molecular formula is C20H17F3N6OS. The molecule has 0 aliphatic heterocycles. The van der Waals surface area contributed by atoms with E-state index < -0.39 is 11.9 Å². The summed E-state index contributed by atoms with van der Waals surface area (Å²) in [6.45, 7) is 1.83. The molecule has 1 unspecified atom stereocenters. The number of imidazole rings is 1. The number of thiazole rings is 1. The highest BCUT2D eigenvalue weighted by Crippen LogP contribution is 2.28. The number of hydrogen-bond donors (Lipinski definition) is 1. The van der Waals surface area contributed by atoms with Gasteiger partial charge in [0.2, 0.25) is 0 Å². The van der Waals surface area contributed by atoms with Crippen molar-refractivity contribution >= 4 is 28.3 Å². The molecule has 0 aliphatic rings. The summed E-state index contributed by atoms with van der Waals surface area (Å²) in [5, 5.41) is 3.61. The maximum absolute atomic E-state index is 12.6. The summed E-state index contributed by atoms with van der Waals surface area (Å²) in [5.74, 6) is -0.322. The third-order valence-electron chi connectivity index (χ3n) is 4.66. The van der Waals surface area contributed by atoms with Crippen molar-refractivity contribution in [1.82, 2.24) is 29.8 Å². The third-order valence-corrected chi connectivity index (χ3v) is 5.84. The molecule has 4 aromatic heterocycles. The Balaban J connectivity index is 1.42. The van der Waals surface area contributed by atoms with Gasteiger partial charge in [-0.2, -0.15) is 13.2 Å². The molecule has 7 nitrogen and oxygen atoms in total. The lowest BCUT2D eigenvalue weighted by atomic mass is 10.2. The second kappa shape index (κ2) is 8.06. The highest BCUT2D eigenvalue weighted by Gasteiger charge is 2.32. The normalized spacial score (nSPS) is 12.8. The summed E-state index contributed by atoms with van der Waals surface area (Å²) < 4.78 is 39.7. The number of halogens is 3. The highest BCUT2D eigenvalue weighted by atomic mass is 32.1. The minimum atomic E-state index is -4.46. The van der Waals surface area contributed by atoms with E-state index in [2.05, 4.69) is 25.3 Å². The summed E-state index contributed by atoms with van der Waals surface area (Å²) >= 11 is 1.38. The van der Waals surface area contributed by atoms with Crippen LogP contribution in [-0.2, 0) is 19.6 Å². The van der Waals surface area contributed by atoms with E-state index in [1.165, 1.54) is 23.6 Å². The lowest BCUT2D eigenvalue weighted by Crippen LogP contribution is -2.26. The van der Waals surface area contributed by atoms with Gasteiger partial charge < -0.3 is 9.88 Å². The standard InChI is InChI=1S/C20H17F3N6OS/c1-11(28-19(30)13-6-15-14(8-24-13)27-10-29(15)2)16-9-26-18(31-16)5-12-3-4-17(25-7-12)20(21,22)23/h3-4,6-11H,5H2,1-2H3,(H,28,30). The molecule has 0 saturated heterocycles. The monoisotopic (exact) mass is 446 g/mol. The fraction of sp³-hybridized carbons (Fsp3) is 0.250. The summed E-state index contributed by atoms with van der Waals surface area (Å²) in [5.41, 5.74) is 1.49. The molecule has 0 aromatic carbocycles. The number of rotatable bonds is 5. The number of hydrogen-bond acceptors (Lipinski definition) is 6. The zero-order valence-electron chi connectivity index (χ0n) is 16.5. The summed E-state index contributed by atoms with van der Waals surface area (Å²) in [7, 11) is 1.84. The van der Waals surface area contributed by atoms with Gasteiger partial charge in [-0.25, -0.2) is 15.0 Å². The number of aromatic nitrogens is 5. The van der Waals surface area contributed by atoms with Crippen LogP contribution in [0.15, 0.2) is 43.1 Å². The number of nitrogens with zero attached hydrogens (tertiary/aromatic N) is 5. The van der Waals surface area contributed by atoms with Gasteiger partial charge >= 0.3 is 6.18 Å². The Morgan fingerprint density at radius 1 is 1.16 bits per heavy atom. The number of alkyl halides is 3. The maximum atomic E-state index is 12.6. The van der Waals surface area contributed by atoms with Crippen LogP contribution in [0.3, 0.4) is 0 Å². The Morgan fingerprint density at radius 3 is 2.68 bits per heavy atom. The van der Waals surface area contributed by atoms with E-state index >= 15 is 0 Å². The van der Waals surface area contributed by atoms with Crippen LogP contribution in [0.4, 0.5) is 13.2 Å². The zero-order chi connectivity index (χ0) is 22.2. The minimum Gasteiger partial charge on any atom is -0.343 e. The van der Waals surface area contributed by atoms with Crippen molar-refractivity contribution in [2.75, 3.05) is 0 Å². The quantitative estimate of drug-likeness (QED) is 0.502. The van der Waals surface area contributed by atoms with Crippen molar-refractivity contribution in [2.24, 2.45) is 7.05 Å². The Kier molecular flexibility index (Phi) is 5.44. The number of fused-ring (bicyclic) bond motifs is 1. The maximum Gasteiger partial charge on any atom is 0.433 e. The average Bonchev–Trinajstić information content (AvgIpc) is 3.34. The fourth-order valence-corrected chi connectivity index (χ4v) is 3.93. The number of carbonyl (C=O) groups excluding carboxylic acids is 1. The van der Waals surface area contributed by atoms with Crippen molar-refractivity contribution in [3.63, 3.8) is 0 Å². The molecule has 0 bridgehead atoms. The number of amides is 1. The van der Waals surface area contributed by atoms with Crippen molar-refractivity contribution in [3.05, 3.63) is 70.0 Å². The lowest BCUT2D eigenvalue weighted by molar-refractivity contribution is -0.141. The van der Waals surface area contributed by atoms with E-state index in [0.717, 1.165) is 16.5 Å².